The summed E-state index contributed by atoms with van der Waals surface area (Å²) in [4.78, 5) is 0. The summed E-state index contributed by atoms with van der Waals surface area (Å²) in [6, 6.07) is 0. The molecule has 0 aromatic heterocycles. The molecule has 0 aromatic carbocycles. The Hall–Kier alpha value is -0.500. The molecule has 0 heterocycles. The molecule has 0 saturated carbocycles. The van der Waals surface area contributed by atoms with Crippen LogP contribution in [0.1, 0.15) is 6.92 Å². The first-order valence-corrected chi connectivity index (χ1v) is 2.53. The van der Waals surface area contributed by atoms with Crippen molar-refractivity contribution in [3.8, 4) is 0 Å². The Labute approximate surface area is 50.1 Å². The Morgan fingerprint density at radius 1 is 1.50 bits per heavy atom. The molecule has 0 spiro atoms. The molecule has 8 heavy (non-hydrogen) atoms. The molecule has 0 fully saturated rings. The van der Waals surface area contributed by atoms with E-state index in [-0.39, 0.29) is 0 Å². The third-order valence-corrected chi connectivity index (χ3v) is 0.871. The highest BCUT2D eigenvalue weighted by Crippen LogP contribution is 1.92. The Morgan fingerprint density at radius 2 is 2.12 bits per heavy atom. The fourth-order valence-electron chi connectivity index (χ4n) is 0.402. The monoisotopic (exact) mass is 116 g/mol. The number of allylic oxidation sites excluding steroid dienone is 1. The fourth-order valence-corrected chi connectivity index (χ4v) is 0.402. The molecule has 48 valence electrons. The first kappa shape index (κ1) is 7.50. The van der Waals surface area contributed by atoms with Gasteiger partial charge in [0.1, 0.15) is 12.4 Å². The van der Waals surface area contributed by atoms with E-state index >= 15 is 0 Å². The van der Waals surface area contributed by atoms with Gasteiger partial charge >= 0.3 is 0 Å². The zero-order valence-corrected chi connectivity index (χ0v) is 5.60. The molecule has 0 amide bonds. The predicted octanol–water partition coefficient (Wildman–Crippen LogP) is 1.18. The molecule has 0 atom stereocenters. The van der Waals surface area contributed by atoms with Crippen LogP contribution in [0.2, 0.25) is 0 Å². The number of methoxy groups -OCH3 is 2. The first-order chi connectivity index (χ1) is 3.85. The first-order valence-electron chi connectivity index (χ1n) is 2.53. The second-order valence-corrected chi connectivity index (χ2v) is 1.39. The molecular weight excluding hydrogens is 104 g/mol. The number of rotatable bonds is 3. The maximum atomic E-state index is 4.88. The van der Waals surface area contributed by atoms with Gasteiger partial charge in [-0.25, -0.2) is 0 Å². The maximum Gasteiger partial charge on any atom is 0.117 e. The second-order valence-electron chi connectivity index (χ2n) is 1.39. The van der Waals surface area contributed by atoms with Crippen molar-refractivity contribution in [1.29, 1.82) is 0 Å². The number of hydrogen-bond donors (Lipinski definition) is 0. The van der Waals surface area contributed by atoms with Crippen LogP contribution in [0.25, 0.3) is 0 Å². The Bertz CT molecular complexity index is 76.6. The molecule has 0 bridgehead atoms. The summed E-state index contributed by atoms with van der Waals surface area (Å²) in [5.41, 5.74) is 0. The summed E-state index contributed by atoms with van der Waals surface area (Å²) < 4.78 is 9.67. The largest absolute Gasteiger partial charge is 0.499 e. The highest BCUT2D eigenvalue weighted by Gasteiger charge is 1.88. The Morgan fingerprint density at radius 3 is 2.25 bits per heavy atom. The van der Waals surface area contributed by atoms with Crippen LogP contribution in [-0.4, -0.2) is 20.8 Å². The van der Waals surface area contributed by atoms with Gasteiger partial charge in [0.05, 0.1) is 7.11 Å². The lowest BCUT2D eigenvalue weighted by Gasteiger charge is -2.01. The minimum Gasteiger partial charge on any atom is -0.499 e. The van der Waals surface area contributed by atoms with Gasteiger partial charge in [-0.3, -0.25) is 0 Å². The highest BCUT2D eigenvalue weighted by molar-refractivity contribution is 4.89. The van der Waals surface area contributed by atoms with E-state index in [4.69, 9.17) is 9.47 Å². The van der Waals surface area contributed by atoms with Crippen LogP contribution in [0.4, 0.5) is 0 Å². The zero-order valence-electron chi connectivity index (χ0n) is 5.60. The summed E-state index contributed by atoms with van der Waals surface area (Å²) in [5.74, 6) is 0.868. The van der Waals surface area contributed by atoms with Crippen LogP contribution in [0.15, 0.2) is 11.8 Å². The molecule has 0 aliphatic heterocycles. The molecule has 0 unspecified atom stereocenters. The van der Waals surface area contributed by atoms with Gasteiger partial charge in [-0.2, -0.15) is 0 Å². The second kappa shape index (κ2) is 4.65. The van der Waals surface area contributed by atoms with Crippen LogP contribution in [-0.2, 0) is 9.47 Å². The van der Waals surface area contributed by atoms with Crippen molar-refractivity contribution in [2.75, 3.05) is 20.8 Å². The van der Waals surface area contributed by atoms with Crippen molar-refractivity contribution >= 4 is 0 Å². The Balaban J connectivity index is 3.38. The van der Waals surface area contributed by atoms with Crippen LogP contribution in [0, 0.1) is 0 Å². The standard InChI is InChI=1S/C6H12O2/c1-4-6(8-3)5-7-2/h4H,5H2,1-3H3. The molecule has 0 radical (unpaired) electrons. The molecule has 2 heteroatoms. The molecule has 0 saturated heterocycles. The number of ether oxygens (including phenoxy) is 2. The Kier molecular flexibility index (Phi) is 4.36. The van der Waals surface area contributed by atoms with Crippen LogP contribution < -0.4 is 0 Å². The van der Waals surface area contributed by atoms with E-state index in [2.05, 4.69) is 0 Å². The van der Waals surface area contributed by atoms with E-state index in [0.29, 0.717) is 6.61 Å². The zero-order chi connectivity index (χ0) is 6.41. The summed E-state index contributed by atoms with van der Waals surface area (Å²) in [6.07, 6.45) is 1.88. The molecular formula is C6H12O2. The molecule has 0 aliphatic rings. The van der Waals surface area contributed by atoms with Gasteiger partial charge < -0.3 is 9.47 Å². The van der Waals surface area contributed by atoms with E-state index in [0.717, 1.165) is 5.76 Å². The predicted molar refractivity (Wildman–Crippen MR) is 32.6 cm³/mol. The van der Waals surface area contributed by atoms with Gasteiger partial charge in [0, 0.05) is 7.11 Å². The van der Waals surface area contributed by atoms with Crippen molar-refractivity contribution < 1.29 is 9.47 Å². The van der Waals surface area contributed by atoms with Crippen molar-refractivity contribution in [3.63, 3.8) is 0 Å². The van der Waals surface area contributed by atoms with Crippen molar-refractivity contribution in [1.82, 2.24) is 0 Å². The summed E-state index contributed by atoms with van der Waals surface area (Å²) in [7, 11) is 3.27. The maximum absolute atomic E-state index is 4.88. The fraction of sp³-hybridized carbons (Fsp3) is 0.667. The van der Waals surface area contributed by atoms with E-state index in [1.54, 1.807) is 14.2 Å². The lowest BCUT2D eigenvalue weighted by atomic mass is 10.5. The van der Waals surface area contributed by atoms with E-state index in [1.165, 1.54) is 0 Å². The molecule has 0 aliphatic carbocycles. The van der Waals surface area contributed by atoms with Crippen molar-refractivity contribution in [3.05, 3.63) is 11.8 Å². The van der Waals surface area contributed by atoms with E-state index < -0.39 is 0 Å². The highest BCUT2D eigenvalue weighted by atomic mass is 16.5. The normalized spacial score (nSPS) is 11.6. The quantitative estimate of drug-likeness (QED) is 0.515. The van der Waals surface area contributed by atoms with Gasteiger partial charge in [0.15, 0.2) is 0 Å². The van der Waals surface area contributed by atoms with Crippen LogP contribution in [0.3, 0.4) is 0 Å². The number of hydrogen-bond acceptors (Lipinski definition) is 2. The molecule has 0 aromatic rings. The third kappa shape index (κ3) is 2.64. The van der Waals surface area contributed by atoms with E-state index in [9.17, 15) is 0 Å². The topological polar surface area (TPSA) is 18.5 Å². The summed E-state index contributed by atoms with van der Waals surface area (Å²) >= 11 is 0. The summed E-state index contributed by atoms with van der Waals surface area (Å²) in [5, 5.41) is 0. The van der Waals surface area contributed by atoms with Gasteiger partial charge in [-0.05, 0) is 13.0 Å². The SMILES string of the molecule is CC=C(COC)OC. The van der Waals surface area contributed by atoms with Gasteiger partial charge in [0.25, 0.3) is 0 Å². The molecule has 2 nitrogen and oxygen atoms in total. The van der Waals surface area contributed by atoms with E-state index in [1.807, 2.05) is 13.0 Å². The molecule has 0 N–H and O–H groups in total. The molecule has 0 rings (SSSR count). The minimum absolute atomic E-state index is 0.562. The average molecular weight is 116 g/mol. The van der Waals surface area contributed by atoms with Gasteiger partial charge in [-0.1, -0.05) is 0 Å². The lowest BCUT2D eigenvalue weighted by molar-refractivity contribution is 0.159. The van der Waals surface area contributed by atoms with Crippen molar-refractivity contribution in [2.45, 2.75) is 6.92 Å². The minimum atomic E-state index is 0.562. The summed E-state index contributed by atoms with van der Waals surface area (Å²) in [6.45, 7) is 2.48. The third-order valence-electron chi connectivity index (χ3n) is 0.871. The lowest BCUT2D eigenvalue weighted by Crippen LogP contribution is -1.94. The average Bonchev–Trinajstić information content (AvgIpc) is 1.83. The van der Waals surface area contributed by atoms with Crippen LogP contribution in [0.5, 0.6) is 0 Å². The van der Waals surface area contributed by atoms with Gasteiger partial charge in [-0.15, -0.1) is 0 Å². The van der Waals surface area contributed by atoms with Gasteiger partial charge in [0.2, 0.25) is 0 Å². The van der Waals surface area contributed by atoms with Crippen molar-refractivity contribution in [2.24, 2.45) is 0 Å². The smallest absolute Gasteiger partial charge is 0.117 e. The van der Waals surface area contributed by atoms with Crippen LogP contribution >= 0.6 is 0 Å².